The number of likely N-dealkylation sites (N-methyl/N-ethyl adjacent to an activating group) is 1. The van der Waals surface area contributed by atoms with Crippen molar-refractivity contribution in [2.45, 2.75) is 20.3 Å². The van der Waals surface area contributed by atoms with E-state index in [2.05, 4.69) is 4.90 Å². The first kappa shape index (κ1) is 18.3. The molecule has 1 aromatic rings. The van der Waals surface area contributed by atoms with E-state index in [1.54, 1.807) is 24.3 Å². The monoisotopic (exact) mass is 332 g/mol. The number of anilines is 1. The molecule has 0 saturated carbocycles. The summed E-state index contributed by atoms with van der Waals surface area (Å²) in [6.45, 7) is 8.82. The van der Waals surface area contributed by atoms with Gasteiger partial charge in [0.1, 0.15) is 0 Å². The second-order valence-electron chi connectivity index (χ2n) is 6.11. The predicted molar refractivity (Wildman–Crippen MR) is 95.7 cm³/mol. The van der Waals surface area contributed by atoms with Crippen molar-refractivity contribution in [2.75, 3.05) is 51.5 Å². The molecule has 6 heteroatoms. The molecule has 0 aliphatic carbocycles. The lowest BCUT2D eigenvalue weighted by molar-refractivity contribution is -0.132. The van der Waals surface area contributed by atoms with Crippen LogP contribution in [0.2, 0.25) is 0 Å². The molecule has 2 amide bonds. The van der Waals surface area contributed by atoms with Gasteiger partial charge in [0.05, 0.1) is 6.54 Å². The number of nitrogens with two attached hydrogens (primary N) is 1. The molecule has 1 heterocycles. The van der Waals surface area contributed by atoms with Crippen LogP contribution in [0.25, 0.3) is 0 Å². The minimum atomic E-state index is 0.0132. The van der Waals surface area contributed by atoms with Gasteiger partial charge in [0.15, 0.2) is 0 Å². The van der Waals surface area contributed by atoms with Crippen molar-refractivity contribution in [3.63, 3.8) is 0 Å². The second-order valence-corrected chi connectivity index (χ2v) is 6.11. The van der Waals surface area contributed by atoms with E-state index in [0.717, 1.165) is 32.6 Å². The van der Waals surface area contributed by atoms with Crippen LogP contribution in [0.15, 0.2) is 24.3 Å². The number of carbonyl (C=O) groups is 2. The summed E-state index contributed by atoms with van der Waals surface area (Å²) < 4.78 is 0. The van der Waals surface area contributed by atoms with Crippen molar-refractivity contribution in [1.29, 1.82) is 0 Å². The summed E-state index contributed by atoms with van der Waals surface area (Å²) in [6.07, 6.45) is 0.875. The Bertz CT molecular complexity index is 572. The highest BCUT2D eigenvalue weighted by Crippen LogP contribution is 2.12. The molecular formula is C18H28N4O2. The van der Waals surface area contributed by atoms with Gasteiger partial charge in [-0.25, -0.2) is 0 Å². The molecule has 1 aliphatic rings. The van der Waals surface area contributed by atoms with Crippen molar-refractivity contribution >= 4 is 17.5 Å². The highest BCUT2D eigenvalue weighted by Gasteiger charge is 2.22. The quantitative estimate of drug-likeness (QED) is 0.825. The lowest BCUT2D eigenvalue weighted by atomic mass is 10.1. The normalized spacial score (nSPS) is 15.8. The predicted octanol–water partition coefficient (Wildman–Crippen LogP) is 1.29. The molecular weight excluding hydrogens is 304 g/mol. The largest absolute Gasteiger partial charge is 0.399 e. The van der Waals surface area contributed by atoms with Crippen LogP contribution < -0.4 is 5.73 Å². The van der Waals surface area contributed by atoms with Crippen LogP contribution in [-0.2, 0) is 4.79 Å². The molecule has 24 heavy (non-hydrogen) atoms. The van der Waals surface area contributed by atoms with Crippen molar-refractivity contribution in [3.8, 4) is 0 Å². The van der Waals surface area contributed by atoms with Gasteiger partial charge in [-0.1, -0.05) is 6.07 Å². The third kappa shape index (κ3) is 4.71. The van der Waals surface area contributed by atoms with Crippen LogP contribution in [0, 0.1) is 0 Å². The number of carbonyl (C=O) groups excluding carboxylic acids is 2. The fourth-order valence-corrected chi connectivity index (χ4v) is 3.05. The summed E-state index contributed by atoms with van der Waals surface area (Å²) in [7, 11) is 0. The smallest absolute Gasteiger partial charge is 0.253 e. The van der Waals surface area contributed by atoms with E-state index in [1.165, 1.54) is 0 Å². The molecule has 132 valence electrons. The maximum Gasteiger partial charge on any atom is 0.253 e. The molecule has 0 aromatic heterocycles. The van der Waals surface area contributed by atoms with Crippen LogP contribution in [0.3, 0.4) is 0 Å². The van der Waals surface area contributed by atoms with Crippen molar-refractivity contribution < 1.29 is 9.59 Å². The van der Waals surface area contributed by atoms with Gasteiger partial charge in [-0.3, -0.25) is 14.5 Å². The average molecular weight is 332 g/mol. The van der Waals surface area contributed by atoms with Crippen molar-refractivity contribution in [2.24, 2.45) is 0 Å². The van der Waals surface area contributed by atoms with Gasteiger partial charge in [0, 0.05) is 50.5 Å². The SMILES string of the molecule is CCN(CC)C(=O)CN1CCCN(C(=O)c2cccc(N)c2)CC1. The topological polar surface area (TPSA) is 69.9 Å². The number of benzene rings is 1. The van der Waals surface area contributed by atoms with E-state index in [0.29, 0.717) is 30.9 Å². The summed E-state index contributed by atoms with van der Waals surface area (Å²) in [4.78, 5) is 30.7. The first-order valence-electron chi connectivity index (χ1n) is 8.70. The molecule has 2 rings (SSSR count). The van der Waals surface area contributed by atoms with Crippen LogP contribution in [0.1, 0.15) is 30.6 Å². The number of nitrogens with zero attached hydrogens (tertiary/aromatic N) is 3. The van der Waals surface area contributed by atoms with Gasteiger partial charge < -0.3 is 15.5 Å². The molecule has 0 atom stereocenters. The molecule has 0 unspecified atom stereocenters. The maximum absolute atomic E-state index is 12.6. The van der Waals surface area contributed by atoms with Crippen LogP contribution in [0.4, 0.5) is 5.69 Å². The molecule has 1 fully saturated rings. The number of hydrogen-bond acceptors (Lipinski definition) is 4. The Hall–Kier alpha value is -2.08. The summed E-state index contributed by atoms with van der Waals surface area (Å²) >= 11 is 0. The molecule has 0 bridgehead atoms. The Morgan fingerprint density at radius 2 is 1.88 bits per heavy atom. The Morgan fingerprint density at radius 1 is 1.12 bits per heavy atom. The Morgan fingerprint density at radius 3 is 2.54 bits per heavy atom. The first-order valence-corrected chi connectivity index (χ1v) is 8.70. The maximum atomic E-state index is 12.6. The fraction of sp³-hybridized carbons (Fsp3) is 0.556. The summed E-state index contributed by atoms with van der Waals surface area (Å²) in [6, 6.07) is 7.09. The first-order chi connectivity index (χ1) is 11.5. The van der Waals surface area contributed by atoms with Gasteiger partial charge in [-0.05, 0) is 38.5 Å². The number of rotatable bonds is 5. The zero-order valence-corrected chi connectivity index (χ0v) is 14.7. The standard InChI is InChI=1S/C18H28N4O2/c1-3-21(4-2)17(23)14-20-9-6-10-22(12-11-20)18(24)15-7-5-8-16(19)13-15/h5,7-8,13H,3-4,6,9-12,14,19H2,1-2H3. The minimum Gasteiger partial charge on any atom is -0.399 e. The Kier molecular flexibility index (Phi) is 6.61. The number of hydrogen-bond donors (Lipinski definition) is 1. The summed E-state index contributed by atoms with van der Waals surface area (Å²) in [5.74, 6) is 0.176. The molecule has 2 N–H and O–H groups in total. The molecule has 6 nitrogen and oxygen atoms in total. The molecule has 1 aromatic carbocycles. The summed E-state index contributed by atoms with van der Waals surface area (Å²) in [5.41, 5.74) is 6.99. The van der Waals surface area contributed by atoms with E-state index in [4.69, 9.17) is 5.73 Å². The minimum absolute atomic E-state index is 0.0132. The van der Waals surface area contributed by atoms with Gasteiger partial charge in [0.2, 0.25) is 5.91 Å². The second kappa shape index (κ2) is 8.68. The van der Waals surface area contributed by atoms with Gasteiger partial charge in [-0.2, -0.15) is 0 Å². The van der Waals surface area contributed by atoms with Crippen LogP contribution in [0.5, 0.6) is 0 Å². The van der Waals surface area contributed by atoms with Crippen LogP contribution >= 0.6 is 0 Å². The number of nitrogen functional groups attached to an aromatic ring is 1. The van der Waals surface area contributed by atoms with E-state index < -0.39 is 0 Å². The molecule has 0 radical (unpaired) electrons. The molecule has 0 spiro atoms. The third-order valence-corrected chi connectivity index (χ3v) is 4.48. The third-order valence-electron chi connectivity index (χ3n) is 4.48. The molecule has 1 saturated heterocycles. The lowest BCUT2D eigenvalue weighted by Crippen LogP contribution is -2.42. The van der Waals surface area contributed by atoms with E-state index >= 15 is 0 Å². The zero-order chi connectivity index (χ0) is 17.5. The van der Waals surface area contributed by atoms with Crippen LogP contribution in [-0.4, -0.2) is 72.3 Å². The van der Waals surface area contributed by atoms with Gasteiger partial charge in [0.25, 0.3) is 5.91 Å². The van der Waals surface area contributed by atoms with Crippen molar-refractivity contribution in [1.82, 2.24) is 14.7 Å². The van der Waals surface area contributed by atoms with E-state index in [-0.39, 0.29) is 11.8 Å². The Labute approximate surface area is 144 Å². The number of amides is 2. The average Bonchev–Trinajstić information content (AvgIpc) is 2.81. The van der Waals surface area contributed by atoms with E-state index in [9.17, 15) is 9.59 Å². The molecule has 1 aliphatic heterocycles. The highest BCUT2D eigenvalue weighted by molar-refractivity contribution is 5.95. The van der Waals surface area contributed by atoms with Crippen molar-refractivity contribution in [3.05, 3.63) is 29.8 Å². The van der Waals surface area contributed by atoms with E-state index in [1.807, 2.05) is 23.6 Å². The Balaban J connectivity index is 1.92. The van der Waals surface area contributed by atoms with Gasteiger partial charge in [-0.15, -0.1) is 0 Å². The zero-order valence-electron chi connectivity index (χ0n) is 14.7. The fourth-order valence-electron chi connectivity index (χ4n) is 3.05. The highest BCUT2D eigenvalue weighted by atomic mass is 16.2. The van der Waals surface area contributed by atoms with Gasteiger partial charge >= 0.3 is 0 Å². The summed E-state index contributed by atoms with van der Waals surface area (Å²) in [5, 5.41) is 0. The lowest BCUT2D eigenvalue weighted by Gasteiger charge is -2.25.